The van der Waals surface area contributed by atoms with E-state index in [1.54, 1.807) is 17.5 Å². The van der Waals surface area contributed by atoms with Gasteiger partial charge in [0, 0.05) is 0 Å². The summed E-state index contributed by atoms with van der Waals surface area (Å²) in [5, 5.41) is 2.05. The molecule has 2 nitrogen and oxygen atoms in total. The van der Waals surface area contributed by atoms with Crippen LogP contribution in [0.2, 0.25) is 0 Å². The molecule has 2 rings (SSSR count). The van der Waals surface area contributed by atoms with Crippen molar-refractivity contribution in [2.24, 2.45) is 0 Å². The van der Waals surface area contributed by atoms with Crippen molar-refractivity contribution in [1.82, 2.24) is 9.97 Å². The number of aromatic nitrogens is 2. The molecule has 68 valence electrons. The van der Waals surface area contributed by atoms with E-state index < -0.39 is 0 Å². The summed E-state index contributed by atoms with van der Waals surface area (Å²) in [6.45, 7) is 1.89. The Labute approximate surface area is 87.7 Å². The number of thiophene rings is 1. The Morgan fingerprint density at radius 3 is 3.00 bits per heavy atom. The van der Waals surface area contributed by atoms with E-state index in [0.29, 0.717) is 0 Å². The summed E-state index contributed by atoms with van der Waals surface area (Å²) in [7, 11) is 3.78. The summed E-state index contributed by atoms with van der Waals surface area (Å²) < 4.78 is 0. The molecule has 0 saturated carbocycles. The molecule has 0 amide bonds. The standard InChI is InChI=1S/C10H9BN2S/c1-7-12-4-2-9(13-7)10-8(6-11)3-5-14-10/h2-6,11H,1H3. The van der Waals surface area contributed by atoms with E-state index in [9.17, 15) is 0 Å². The molecule has 0 aliphatic heterocycles. The fourth-order valence-corrected chi connectivity index (χ4v) is 2.14. The second-order valence-corrected chi connectivity index (χ2v) is 3.81. The van der Waals surface area contributed by atoms with Crippen LogP contribution in [0, 0.1) is 6.92 Å². The molecule has 0 saturated heterocycles. The van der Waals surface area contributed by atoms with Crippen LogP contribution in [0.3, 0.4) is 0 Å². The van der Waals surface area contributed by atoms with Crippen molar-refractivity contribution in [3.8, 4) is 10.6 Å². The van der Waals surface area contributed by atoms with Gasteiger partial charge in [0.1, 0.15) is 0 Å². The molecule has 0 radical (unpaired) electrons. The van der Waals surface area contributed by atoms with E-state index in [1.807, 2.05) is 30.4 Å². The van der Waals surface area contributed by atoms with Crippen molar-refractivity contribution in [2.75, 3.05) is 0 Å². The van der Waals surface area contributed by atoms with Crippen LogP contribution >= 0.6 is 11.3 Å². The predicted octanol–water partition coefficient (Wildman–Crippen LogP) is 1.56. The molecule has 0 aliphatic carbocycles. The quantitative estimate of drug-likeness (QED) is 0.687. The van der Waals surface area contributed by atoms with Gasteiger partial charge in [0.25, 0.3) is 0 Å². The van der Waals surface area contributed by atoms with Gasteiger partial charge in [0.15, 0.2) is 0 Å². The first-order valence-corrected chi connectivity index (χ1v) is 5.19. The van der Waals surface area contributed by atoms with Gasteiger partial charge in [0.05, 0.1) is 0 Å². The molecule has 0 fully saturated rings. The molecule has 0 spiro atoms. The van der Waals surface area contributed by atoms with Crippen LogP contribution in [0.1, 0.15) is 11.4 Å². The van der Waals surface area contributed by atoms with Crippen LogP contribution in [0.25, 0.3) is 10.6 Å². The van der Waals surface area contributed by atoms with Crippen molar-refractivity contribution in [3.63, 3.8) is 0 Å². The summed E-state index contributed by atoms with van der Waals surface area (Å²) in [6, 6.07) is 3.97. The van der Waals surface area contributed by atoms with Gasteiger partial charge in [-0.05, 0) is 0 Å². The molecule has 4 heteroatoms. The third kappa shape index (κ3) is 1.66. The van der Waals surface area contributed by atoms with Gasteiger partial charge in [-0.15, -0.1) is 0 Å². The van der Waals surface area contributed by atoms with E-state index in [2.05, 4.69) is 17.5 Å². The first kappa shape index (κ1) is 9.28. The maximum absolute atomic E-state index is 4.38. The zero-order valence-electron chi connectivity index (χ0n) is 7.90. The number of rotatable bonds is 2. The van der Waals surface area contributed by atoms with Crippen LogP contribution < -0.4 is 0 Å². The van der Waals surface area contributed by atoms with Crippen molar-refractivity contribution >= 4 is 24.8 Å². The van der Waals surface area contributed by atoms with Crippen molar-refractivity contribution < 1.29 is 0 Å². The number of aryl methyl sites for hydroxylation is 1. The second-order valence-electron chi connectivity index (χ2n) is 2.90. The first-order valence-electron chi connectivity index (χ1n) is 4.31. The third-order valence-corrected chi connectivity index (χ3v) is 2.88. The summed E-state index contributed by atoms with van der Waals surface area (Å²) >= 11 is 1.67. The monoisotopic (exact) mass is 200 g/mol. The Bertz CT molecular complexity index is 465. The third-order valence-electron chi connectivity index (χ3n) is 1.92. The summed E-state index contributed by atoms with van der Waals surface area (Å²) in [5.74, 6) is 2.65. The first-order chi connectivity index (χ1) is 6.81. The van der Waals surface area contributed by atoms with Crippen molar-refractivity contribution in [3.05, 3.63) is 35.1 Å². The molecule has 2 aromatic heterocycles. The predicted molar refractivity (Wildman–Crippen MR) is 62.4 cm³/mol. The Kier molecular flexibility index (Phi) is 2.54. The molecular weight excluding hydrogens is 191 g/mol. The molecule has 0 bridgehead atoms. The molecule has 0 aliphatic rings. The molecule has 14 heavy (non-hydrogen) atoms. The summed E-state index contributed by atoms with van der Waals surface area (Å²) in [4.78, 5) is 9.61. The average Bonchev–Trinajstić information content (AvgIpc) is 2.65. The second kappa shape index (κ2) is 3.84. The maximum atomic E-state index is 4.38. The molecular formula is C10H9BN2S. The fourth-order valence-electron chi connectivity index (χ4n) is 1.27. The molecule has 2 heterocycles. The van der Waals surface area contributed by atoms with Gasteiger partial charge < -0.3 is 0 Å². The van der Waals surface area contributed by atoms with Crippen molar-refractivity contribution in [2.45, 2.75) is 6.92 Å². The van der Waals surface area contributed by atoms with Crippen molar-refractivity contribution in [1.29, 1.82) is 0 Å². The Hall–Kier alpha value is -1.29. The van der Waals surface area contributed by atoms with Gasteiger partial charge in [-0.1, -0.05) is 0 Å². The Morgan fingerprint density at radius 1 is 1.43 bits per heavy atom. The molecule has 0 atom stereocenters. The van der Waals surface area contributed by atoms with E-state index in [4.69, 9.17) is 0 Å². The van der Waals surface area contributed by atoms with Crippen LogP contribution in [0.15, 0.2) is 23.7 Å². The van der Waals surface area contributed by atoms with Gasteiger partial charge >= 0.3 is 87.4 Å². The fraction of sp³-hybridized carbons (Fsp3) is 0.100. The molecule has 0 unspecified atom stereocenters. The Balaban J connectivity index is 2.54. The van der Waals surface area contributed by atoms with E-state index in [0.717, 1.165) is 22.0 Å². The minimum atomic E-state index is 0.797. The SMILES string of the molecule is B=Cc1ccsc1-c1ccnc(C)n1. The summed E-state index contributed by atoms with van der Waals surface area (Å²) in [6.07, 6.45) is 1.78. The van der Waals surface area contributed by atoms with Gasteiger partial charge in [-0.3, -0.25) is 0 Å². The molecule has 2 aromatic rings. The Morgan fingerprint density at radius 2 is 2.29 bits per heavy atom. The molecule has 0 N–H and O–H groups in total. The topological polar surface area (TPSA) is 25.8 Å². The summed E-state index contributed by atoms with van der Waals surface area (Å²) in [5.41, 5.74) is 2.11. The van der Waals surface area contributed by atoms with Crippen LogP contribution in [0.5, 0.6) is 0 Å². The number of hydrogen-bond acceptors (Lipinski definition) is 3. The van der Waals surface area contributed by atoms with E-state index in [-0.39, 0.29) is 0 Å². The average molecular weight is 200 g/mol. The van der Waals surface area contributed by atoms with Gasteiger partial charge in [-0.2, -0.15) is 0 Å². The van der Waals surface area contributed by atoms with Gasteiger partial charge in [-0.25, -0.2) is 0 Å². The van der Waals surface area contributed by atoms with Crippen LogP contribution in [-0.2, 0) is 0 Å². The number of nitrogens with zero attached hydrogens (tertiary/aromatic N) is 2. The van der Waals surface area contributed by atoms with Gasteiger partial charge in [0.2, 0.25) is 0 Å². The zero-order valence-corrected chi connectivity index (χ0v) is 8.71. The normalized spacial score (nSPS) is 10.0. The van der Waals surface area contributed by atoms with Crippen LogP contribution in [0.4, 0.5) is 0 Å². The van der Waals surface area contributed by atoms with E-state index >= 15 is 0 Å². The van der Waals surface area contributed by atoms with E-state index in [1.165, 1.54) is 0 Å². The minimum absolute atomic E-state index is 0.797. The van der Waals surface area contributed by atoms with Crippen LogP contribution in [-0.4, -0.2) is 23.4 Å². The zero-order chi connectivity index (χ0) is 9.97. The molecule has 0 aromatic carbocycles. The number of hydrogen-bond donors (Lipinski definition) is 0.